The van der Waals surface area contributed by atoms with Crippen LogP contribution in [0.25, 0.3) is 0 Å². The number of aliphatic hydroxyl groups excluding tert-OH is 2. The number of hydrogen-bond acceptors (Lipinski definition) is 8. The Morgan fingerprint density at radius 3 is 1.27 bits per heavy atom. The van der Waals surface area contributed by atoms with Gasteiger partial charge in [0.1, 0.15) is 0 Å². The largest absolute Gasteiger partial charge is 0.466 e. The van der Waals surface area contributed by atoms with Crippen LogP contribution in [0.2, 0.25) is 0 Å². The molecule has 0 fully saturated rings. The number of unbranched alkanes of at least 4 members (excludes halogenated alkanes) is 17. The summed E-state index contributed by atoms with van der Waals surface area (Å²) in [5, 5.41) is 19.2. The molecule has 0 aliphatic carbocycles. The van der Waals surface area contributed by atoms with Crippen molar-refractivity contribution in [3.8, 4) is 0 Å². The Labute approximate surface area is 322 Å². The third kappa shape index (κ3) is 35.8. The molecule has 0 bridgehead atoms. The monoisotopic (exact) mass is 741 g/mol. The van der Waals surface area contributed by atoms with Gasteiger partial charge in [-0.25, -0.2) is 0 Å². The van der Waals surface area contributed by atoms with E-state index >= 15 is 0 Å². The summed E-state index contributed by atoms with van der Waals surface area (Å²) in [6.45, 7) is 13.2. The van der Waals surface area contributed by atoms with Gasteiger partial charge in [0.05, 0.1) is 26.4 Å². The molecule has 0 heterocycles. The predicted molar refractivity (Wildman–Crippen MR) is 219 cm³/mol. The minimum Gasteiger partial charge on any atom is -0.466 e. The standard InChI is InChI=1S/C44H88N2O6/c1-4-7-10-13-14-15-16-25-40-51-43(49)29-21-17-23-32-45(36-38-47)34-26-35-46(37-39-48)33-24-18-22-30-44(50)52-41-31-42(27-19-11-8-5-2)28-20-12-9-6-3/h42,47-48H,4-41H2,1-3H3. The third-order valence-electron chi connectivity index (χ3n) is 10.5. The van der Waals surface area contributed by atoms with Gasteiger partial charge >= 0.3 is 11.9 Å². The molecule has 0 saturated heterocycles. The molecule has 310 valence electrons. The summed E-state index contributed by atoms with van der Waals surface area (Å²) < 4.78 is 11.1. The van der Waals surface area contributed by atoms with Gasteiger partial charge in [-0.05, 0) is 77.0 Å². The van der Waals surface area contributed by atoms with E-state index in [2.05, 4.69) is 30.6 Å². The Morgan fingerprint density at radius 1 is 0.423 bits per heavy atom. The summed E-state index contributed by atoms with van der Waals surface area (Å²) in [6, 6.07) is 0. The van der Waals surface area contributed by atoms with Crippen molar-refractivity contribution < 1.29 is 29.3 Å². The minimum absolute atomic E-state index is 0.0547. The number of hydrogen-bond donors (Lipinski definition) is 2. The molecule has 2 N–H and O–H groups in total. The number of esters is 2. The lowest BCUT2D eigenvalue weighted by Crippen LogP contribution is -2.34. The average Bonchev–Trinajstić information content (AvgIpc) is 3.13. The van der Waals surface area contributed by atoms with Crippen molar-refractivity contribution in [1.29, 1.82) is 0 Å². The first-order chi connectivity index (χ1) is 25.5. The lowest BCUT2D eigenvalue weighted by atomic mass is 9.92. The molecule has 0 aromatic carbocycles. The molecule has 0 rings (SSSR count). The summed E-state index contributed by atoms with van der Waals surface area (Å²) in [5.74, 6) is 0.562. The van der Waals surface area contributed by atoms with Gasteiger partial charge in [0.15, 0.2) is 0 Å². The molecule has 0 aromatic heterocycles. The first-order valence-corrected chi connectivity index (χ1v) is 22.5. The Bertz CT molecular complexity index is 742. The van der Waals surface area contributed by atoms with Crippen LogP contribution < -0.4 is 0 Å². The van der Waals surface area contributed by atoms with Gasteiger partial charge < -0.3 is 29.5 Å². The van der Waals surface area contributed by atoms with E-state index in [0.29, 0.717) is 45.1 Å². The SMILES string of the molecule is CCCCCCCCCCOC(=O)CCCCCN(CCO)CCCN(CCO)CCCCCC(=O)OCCC(CCCCCC)CCCCCC. The van der Waals surface area contributed by atoms with Crippen LogP contribution in [-0.2, 0) is 19.1 Å². The van der Waals surface area contributed by atoms with E-state index in [1.807, 2.05) is 0 Å². The van der Waals surface area contributed by atoms with Crippen molar-refractivity contribution in [1.82, 2.24) is 9.80 Å². The second kappa shape index (κ2) is 41.0. The maximum Gasteiger partial charge on any atom is 0.305 e. The van der Waals surface area contributed by atoms with Crippen LogP contribution in [0.4, 0.5) is 0 Å². The zero-order valence-electron chi connectivity index (χ0n) is 34.9. The lowest BCUT2D eigenvalue weighted by Gasteiger charge is -2.25. The molecule has 0 aliphatic heterocycles. The average molecular weight is 741 g/mol. The molecule has 0 spiro atoms. The van der Waals surface area contributed by atoms with Gasteiger partial charge in [0.2, 0.25) is 0 Å². The van der Waals surface area contributed by atoms with Gasteiger partial charge in [0, 0.05) is 25.9 Å². The van der Waals surface area contributed by atoms with Crippen LogP contribution in [-0.4, -0.2) is 97.6 Å². The summed E-state index contributed by atoms with van der Waals surface area (Å²) >= 11 is 0. The molecular weight excluding hydrogens is 652 g/mol. The van der Waals surface area contributed by atoms with Crippen molar-refractivity contribution in [3.05, 3.63) is 0 Å². The molecule has 0 aliphatic rings. The molecule has 0 unspecified atom stereocenters. The smallest absolute Gasteiger partial charge is 0.305 e. The topological polar surface area (TPSA) is 99.5 Å². The molecule has 52 heavy (non-hydrogen) atoms. The maximum atomic E-state index is 12.4. The van der Waals surface area contributed by atoms with Crippen molar-refractivity contribution in [2.75, 3.05) is 65.7 Å². The fraction of sp³-hybridized carbons (Fsp3) is 0.955. The fourth-order valence-electron chi connectivity index (χ4n) is 7.09. The van der Waals surface area contributed by atoms with E-state index < -0.39 is 0 Å². The van der Waals surface area contributed by atoms with Crippen LogP contribution in [0.3, 0.4) is 0 Å². The van der Waals surface area contributed by atoms with E-state index in [0.717, 1.165) is 90.4 Å². The van der Waals surface area contributed by atoms with Gasteiger partial charge in [-0.15, -0.1) is 0 Å². The summed E-state index contributed by atoms with van der Waals surface area (Å²) in [7, 11) is 0. The zero-order chi connectivity index (χ0) is 38.2. The van der Waals surface area contributed by atoms with E-state index in [-0.39, 0.29) is 25.2 Å². The number of nitrogens with zero attached hydrogens (tertiary/aromatic N) is 2. The van der Waals surface area contributed by atoms with Crippen LogP contribution in [0.1, 0.15) is 201 Å². The van der Waals surface area contributed by atoms with Gasteiger partial charge in [-0.3, -0.25) is 9.59 Å². The summed E-state index contributed by atoms with van der Waals surface area (Å²) in [5.41, 5.74) is 0. The highest BCUT2D eigenvalue weighted by Crippen LogP contribution is 2.22. The molecule has 8 heteroatoms. The van der Waals surface area contributed by atoms with Crippen molar-refractivity contribution >= 4 is 11.9 Å². The van der Waals surface area contributed by atoms with E-state index in [1.54, 1.807) is 0 Å². The highest BCUT2D eigenvalue weighted by molar-refractivity contribution is 5.69. The van der Waals surface area contributed by atoms with Gasteiger partial charge in [-0.1, -0.05) is 143 Å². The molecular formula is C44H88N2O6. The van der Waals surface area contributed by atoms with Gasteiger partial charge in [0.25, 0.3) is 0 Å². The van der Waals surface area contributed by atoms with E-state index in [9.17, 15) is 19.8 Å². The minimum atomic E-state index is -0.0700. The Hall–Kier alpha value is -1.22. The van der Waals surface area contributed by atoms with Gasteiger partial charge in [-0.2, -0.15) is 0 Å². The second-order valence-corrected chi connectivity index (χ2v) is 15.4. The lowest BCUT2D eigenvalue weighted by molar-refractivity contribution is -0.145. The van der Waals surface area contributed by atoms with E-state index in [4.69, 9.17) is 9.47 Å². The molecule has 8 nitrogen and oxygen atoms in total. The van der Waals surface area contributed by atoms with E-state index in [1.165, 1.54) is 103 Å². The number of carbonyl (C=O) groups is 2. The Balaban J connectivity index is 4.08. The molecule has 0 atom stereocenters. The molecule has 0 saturated carbocycles. The van der Waals surface area contributed by atoms with Crippen LogP contribution in [0, 0.1) is 5.92 Å². The maximum absolute atomic E-state index is 12.4. The zero-order valence-corrected chi connectivity index (χ0v) is 34.9. The van der Waals surface area contributed by atoms with Crippen molar-refractivity contribution in [2.24, 2.45) is 5.92 Å². The van der Waals surface area contributed by atoms with Crippen LogP contribution >= 0.6 is 0 Å². The first kappa shape index (κ1) is 50.8. The summed E-state index contributed by atoms with van der Waals surface area (Å²) in [6.07, 6.45) is 31.6. The molecule has 0 radical (unpaired) electrons. The number of carbonyl (C=O) groups excluding carboxylic acids is 2. The number of rotatable bonds is 42. The quantitative estimate of drug-likeness (QED) is 0.0471. The fourth-order valence-corrected chi connectivity index (χ4v) is 7.09. The highest BCUT2D eigenvalue weighted by Gasteiger charge is 2.12. The third-order valence-corrected chi connectivity index (χ3v) is 10.5. The Morgan fingerprint density at radius 2 is 0.808 bits per heavy atom. The van der Waals surface area contributed by atoms with Crippen molar-refractivity contribution in [3.63, 3.8) is 0 Å². The summed E-state index contributed by atoms with van der Waals surface area (Å²) in [4.78, 5) is 29.1. The molecule has 0 amide bonds. The van der Waals surface area contributed by atoms with Crippen molar-refractivity contribution in [2.45, 2.75) is 201 Å². The Kier molecular flexibility index (Phi) is 40.0. The number of aliphatic hydroxyl groups is 2. The normalized spacial score (nSPS) is 11.7. The first-order valence-electron chi connectivity index (χ1n) is 22.5. The highest BCUT2D eigenvalue weighted by atomic mass is 16.5. The predicted octanol–water partition coefficient (Wildman–Crippen LogP) is 10.3. The van der Waals surface area contributed by atoms with Crippen LogP contribution in [0.15, 0.2) is 0 Å². The van der Waals surface area contributed by atoms with Crippen LogP contribution in [0.5, 0.6) is 0 Å². The number of ether oxygens (including phenoxy) is 2. The second-order valence-electron chi connectivity index (χ2n) is 15.4. The molecule has 0 aromatic rings.